The number of carboxylic acids is 1. The molecule has 3 atom stereocenters. The number of likely N-dealkylation sites (tertiary alicyclic amines) is 1. The molecule has 3 rings (SSSR count). The Morgan fingerprint density at radius 3 is 2.60 bits per heavy atom. The van der Waals surface area contributed by atoms with Crippen molar-refractivity contribution in [1.29, 1.82) is 0 Å². The summed E-state index contributed by atoms with van der Waals surface area (Å²) in [4.78, 5) is 48.8. The summed E-state index contributed by atoms with van der Waals surface area (Å²) >= 11 is 0. The zero-order valence-electron chi connectivity index (χ0n) is 23.9. The minimum Gasteiger partial charge on any atom is -0.497 e. The highest BCUT2D eigenvalue weighted by atomic mass is 16.6. The molecule has 1 aliphatic heterocycles. The van der Waals surface area contributed by atoms with Crippen LogP contribution in [0.2, 0.25) is 0 Å². The number of carbonyl (C=O) groups excluding carboxylic acids is 2. The third kappa shape index (κ3) is 8.30. The molecule has 0 radical (unpaired) electrons. The van der Waals surface area contributed by atoms with Crippen molar-refractivity contribution in [1.82, 2.24) is 20.2 Å². The highest BCUT2D eigenvalue weighted by Crippen LogP contribution is 2.28. The lowest BCUT2D eigenvalue weighted by molar-refractivity contribution is -0.149. The predicted molar refractivity (Wildman–Crippen MR) is 149 cm³/mol. The molecular weight excluding hydrogens is 516 g/mol. The number of allylic oxidation sites excluding steroid dienone is 1. The monoisotopic (exact) mass is 556 g/mol. The van der Waals surface area contributed by atoms with Crippen LogP contribution in [-0.2, 0) is 14.3 Å². The second-order valence-corrected chi connectivity index (χ2v) is 10.9. The van der Waals surface area contributed by atoms with Crippen LogP contribution in [0.4, 0.5) is 4.79 Å². The molecule has 1 aliphatic rings. The van der Waals surface area contributed by atoms with E-state index < -0.39 is 41.8 Å². The molecule has 0 aliphatic carbocycles. The Morgan fingerprint density at radius 2 is 1.95 bits per heavy atom. The van der Waals surface area contributed by atoms with Gasteiger partial charge in [-0.1, -0.05) is 18.9 Å². The molecular formula is C29H40N4O7. The number of nitrogens with one attached hydrogen (secondary N) is 1. The summed E-state index contributed by atoms with van der Waals surface area (Å²) in [6.45, 7) is 10.7. The number of rotatable bonds is 12. The lowest BCUT2D eigenvalue weighted by Gasteiger charge is -2.28. The molecule has 2 N–H and O–H groups in total. The zero-order valence-corrected chi connectivity index (χ0v) is 23.9. The number of hydrogen-bond acceptors (Lipinski definition) is 8. The van der Waals surface area contributed by atoms with E-state index in [1.165, 1.54) is 4.90 Å². The summed E-state index contributed by atoms with van der Waals surface area (Å²) in [5.74, 6) is -0.755. The van der Waals surface area contributed by atoms with Gasteiger partial charge in [0.05, 0.1) is 24.7 Å². The number of aryl methyl sites for hydroxylation is 1. The van der Waals surface area contributed by atoms with Crippen molar-refractivity contribution in [3.8, 4) is 11.6 Å². The number of ether oxygens (including phenoxy) is 3. The third-order valence-electron chi connectivity index (χ3n) is 6.50. The Balaban J connectivity index is 1.78. The standard InChI is InChI=1S/C29H40N4O7/c1-7-8-9-10-11-12-22(32-28(37)40-29(3,4)5)26(34)33-17-20(16-24(33)27(35)36)39-25-18(2)30-21-14-13-19(38-6)15-23(21)31-25/h7,13-15,20,22,24H,1,8-12,16-17H2,2-6H3,(H,32,37)(H,35,36)/t20-,22+,24+/m1/s1. The van der Waals surface area contributed by atoms with E-state index in [1.807, 2.05) is 6.08 Å². The summed E-state index contributed by atoms with van der Waals surface area (Å²) in [5, 5.41) is 12.6. The second-order valence-electron chi connectivity index (χ2n) is 10.9. The molecule has 0 bridgehead atoms. The number of alkyl carbamates (subject to hydrolysis) is 1. The SMILES string of the molecule is C=CCCCCC[C@H](NC(=O)OC(C)(C)C)C(=O)N1C[C@H](Oc2nc3cc(OC)ccc3nc2C)C[C@H]1C(=O)O. The van der Waals surface area contributed by atoms with Gasteiger partial charge in [0.15, 0.2) is 0 Å². The van der Waals surface area contributed by atoms with Gasteiger partial charge in [0, 0.05) is 12.5 Å². The number of carbonyl (C=O) groups is 3. The highest BCUT2D eigenvalue weighted by Gasteiger charge is 2.43. The molecule has 1 aromatic heterocycles. The summed E-state index contributed by atoms with van der Waals surface area (Å²) in [7, 11) is 1.56. The molecule has 11 nitrogen and oxygen atoms in total. The summed E-state index contributed by atoms with van der Waals surface area (Å²) in [6, 6.07) is 3.27. The normalized spacial score (nSPS) is 17.8. The topological polar surface area (TPSA) is 140 Å². The maximum absolute atomic E-state index is 13.7. The van der Waals surface area contributed by atoms with Gasteiger partial charge in [0.2, 0.25) is 11.8 Å². The molecule has 1 aromatic carbocycles. The Morgan fingerprint density at radius 1 is 1.20 bits per heavy atom. The summed E-state index contributed by atoms with van der Waals surface area (Å²) in [6.07, 6.45) is 4.16. The van der Waals surface area contributed by atoms with E-state index in [9.17, 15) is 19.5 Å². The lowest BCUT2D eigenvalue weighted by Crippen LogP contribution is -2.52. The van der Waals surface area contributed by atoms with E-state index in [4.69, 9.17) is 14.2 Å². The number of hydrogen-bond donors (Lipinski definition) is 2. The average Bonchev–Trinajstić information content (AvgIpc) is 3.31. The second kappa shape index (κ2) is 13.5. The van der Waals surface area contributed by atoms with Gasteiger partial charge in [0.1, 0.15) is 35.2 Å². The minimum absolute atomic E-state index is 0.0238. The molecule has 0 unspecified atom stereocenters. The average molecular weight is 557 g/mol. The van der Waals surface area contributed by atoms with Crippen molar-refractivity contribution >= 4 is 29.0 Å². The van der Waals surface area contributed by atoms with Crippen molar-refractivity contribution in [2.45, 2.75) is 90.0 Å². The van der Waals surface area contributed by atoms with Crippen LogP contribution in [0.15, 0.2) is 30.9 Å². The fourth-order valence-electron chi connectivity index (χ4n) is 4.58. The quantitative estimate of drug-likeness (QED) is 0.287. The molecule has 2 heterocycles. The van der Waals surface area contributed by atoms with Gasteiger partial charge in [-0.2, -0.15) is 0 Å². The van der Waals surface area contributed by atoms with Gasteiger partial charge in [-0.15, -0.1) is 6.58 Å². The molecule has 2 amide bonds. The maximum atomic E-state index is 13.7. The van der Waals surface area contributed by atoms with Gasteiger partial charge in [-0.25, -0.2) is 19.6 Å². The number of methoxy groups -OCH3 is 1. The highest BCUT2D eigenvalue weighted by molar-refractivity contribution is 5.90. The van der Waals surface area contributed by atoms with Crippen LogP contribution >= 0.6 is 0 Å². The van der Waals surface area contributed by atoms with E-state index >= 15 is 0 Å². The summed E-state index contributed by atoms with van der Waals surface area (Å²) in [5.41, 5.74) is 1.03. The molecule has 1 saturated heterocycles. The molecule has 0 spiro atoms. The number of unbranched alkanes of at least 4 members (excludes halogenated alkanes) is 3. The van der Waals surface area contributed by atoms with Crippen molar-refractivity contribution in [3.63, 3.8) is 0 Å². The smallest absolute Gasteiger partial charge is 0.408 e. The first-order chi connectivity index (χ1) is 18.9. The Bertz CT molecular complexity index is 1230. The Labute approximate surface area is 234 Å². The van der Waals surface area contributed by atoms with Crippen molar-refractivity contribution in [3.05, 3.63) is 36.5 Å². The Hall–Kier alpha value is -3.89. The number of benzene rings is 1. The van der Waals surface area contributed by atoms with Gasteiger partial charge >= 0.3 is 12.1 Å². The number of aromatic nitrogens is 2. The first kappa shape index (κ1) is 30.6. The van der Waals surface area contributed by atoms with Crippen molar-refractivity contribution < 1.29 is 33.7 Å². The number of fused-ring (bicyclic) bond motifs is 1. The molecule has 40 heavy (non-hydrogen) atoms. The molecule has 1 fully saturated rings. The van der Waals surface area contributed by atoms with E-state index in [0.717, 1.165) is 19.3 Å². The van der Waals surface area contributed by atoms with Crippen molar-refractivity contribution in [2.24, 2.45) is 0 Å². The maximum Gasteiger partial charge on any atom is 0.408 e. The van der Waals surface area contributed by atoms with Crippen LogP contribution in [0.25, 0.3) is 11.0 Å². The number of aliphatic carboxylic acids is 1. The zero-order chi connectivity index (χ0) is 29.4. The van der Waals surface area contributed by atoms with E-state index in [1.54, 1.807) is 53.0 Å². The minimum atomic E-state index is -1.15. The van der Waals surface area contributed by atoms with Crippen LogP contribution in [0, 0.1) is 6.92 Å². The molecule has 0 saturated carbocycles. The van der Waals surface area contributed by atoms with Crippen LogP contribution < -0.4 is 14.8 Å². The summed E-state index contributed by atoms with van der Waals surface area (Å²) < 4.78 is 16.7. The van der Waals surface area contributed by atoms with Crippen LogP contribution in [0.5, 0.6) is 11.6 Å². The van der Waals surface area contributed by atoms with Crippen molar-refractivity contribution in [2.75, 3.05) is 13.7 Å². The first-order valence-corrected chi connectivity index (χ1v) is 13.5. The van der Waals surface area contributed by atoms with Gasteiger partial charge in [-0.3, -0.25) is 4.79 Å². The first-order valence-electron chi connectivity index (χ1n) is 13.5. The Kier molecular flexibility index (Phi) is 10.3. The van der Waals surface area contributed by atoms with Gasteiger partial charge in [0.25, 0.3) is 0 Å². The van der Waals surface area contributed by atoms with Gasteiger partial charge < -0.3 is 29.5 Å². The fourth-order valence-corrected chi connectivity index (χ4v) is 4.58. The van der Waals surface area contributed by atoms with Crippen LogP contribution in [0.1, 0.15) is 65.0 Å². The van der Waals surface area contributed by atoms with Gasteiger partial charge in [-0.05, 0) is 59.1 Å². The lowest BCUT2D eigenvalue weighted by atomic mass is 10.1. The largest absolute Gasteiger partial charge is 0.497 e. The molecule has 218 valence electrons. The molecule has 11 heteroatoms. The van der Waals surface area contributed by atoms with E-state index in [0.29, 0.717) is 35.3 Å². The fraction of sp³-hybridized carbons (Fsp3) is 0.552. The third-order valence-corrected chi connectivity index (χ3v) is 6.50. The number of nitrogens with zero attached hydrogens (tertiary/aromatic N) is 3. The van der Waals surface area contributed by atoms with E-state index in [2.05, 4.69) is 21.9 Å². The predicted octanol–water partition coefficient (Wildman–Crippen LogP) is 4.41. The van der Waals surface area contributed by atoms with Crippen LogP contribution in [0.3, 0.4) is 0 Å². The molecule has 2 aromatic rings. The van der Waals surface area contributed by atoms with E-state index in [-0.39, 0.29) is 18.8 Å². The number of carboxylic acid groups (broad SMARTS) is 1. The number of amides is 2. The van der Waals surface area contributed by atoms with Crippen LogP contribution in [-0.4, -0.2) is 75.4 Å².